The lowest BCUT2D eigenvalue weighted by Crippen LogP contribution is -2.15. The minimum atomic E-state index is 0.605. The van der Waals surface area contributed by atoms with Crippen molar-refractivity contribution in [2.75, 3.05) is 13.8 Å². The van der Waals surface area contributed by atoms with Crippen LogP contribution in [0, 0.1) is 5.92 Å². The zero-order valence-corrected chi connectivity index (χ0v) is 9.92. The zero-order valence-electron chi connectivity index (χ0n) is 9.92. The number of benzene rings is 1. The lowest BCUT2D eigenvalue weighted by Gasteiger charge is -2.07. The number of nitrogens with one attached hydrogen (secondary N) is 1. The van der Waals surface area contributed by atoms with Crippen molar-refractivity contribution in [3.05, 3.63) is 35.4 Å². The van der Waals surface area contributed by atoms with Crippen LogP contribution in [0.4, 0.5) is 0 Å². The van der Waals surface area contributed by atoms with Crippen LogP contribution >= 0.6 is 0 Å². The Hall–Kier alpha value is -0.860. The number of ether oxygens (including phenoxy) is 1. The quantitative estimate of drug-likeness (QED) is 0.572. The van der Waals surface area contributed by atoms with Gasteiger partial charge in [-0.25, -0.2) is 0 Å². The molecule has 0 atom stereocenters. The Kier molecular flexibility index (Phi) is 5.37. The molecule has 0 aliphatic heterocycles. The molecule has 1 rings (SSSR count). The summed E-state index contributed by atoms with van der Waals surface area (Å²) in [5.41, 5.74) is 2.72. The smallest absolute Gasteiger partial charge is 0.0964 e. The van der Waals surface area contributed by atoms with Gasteiger partial charge in [0.15, 0.2) is 0 Å². The fraction of sp³-hybridized carbons (Fsp3) is 0.538. The molecule has 0 fully saturated rings. The van der Waals surface area contributed by atoms with Crippen molar-refractivity contribution in [2.24, 2.45) is 5.92 Å². The van der Waals surface area contributed by atoms with Crippen LogP contribution in [0.25, 0.3) is 0 Å². The van der Waals surface area contributed by atoms with Gasteiger partial charge in [0, 0.05) is 13.7 Å². The van der Waals surface area contributed by atoms with Gasteiger partial charge in [-0.1, -0.05) is 38.1 Å². The summed E-state index contributed by atoms with van der Waals surface area (Å²) in [6, 6.07) is 8.79. The van der Waals surface area contributed by atoms with Crippen LogP contribution in [0.2, 0.25) is 0 Å². The summed E-state index contributed by atoms with van der Waals surface area (Å²) in [6.45, 7) is 5.96. The molecule has 0 amide bonds. The molecule has 1 aromatic rings. The molecular weight excluding hydrogens is 186 g/mol. The van der Waals surface area contributed by atoms with Crippen LogP contribution in [0.15, 0.2) is 24.3 Å². The maximum atomic E-state index is 4.93. The van der Waals surface area contributed by atoms with Gasteiger partial charge in [0.25, 0.3) is 0 Å². The minimum Gasteiger partial charge on any atom is -0.370 e. The van der Waals surface area contributed by atoms with Gasteiger partial charge in [-0.15, -0.1) is 0 Å². The summed E-state index contributed by atoms with van der Waals surface area (Å²) in [5, 5.41) is 3.19. The summed E-state index contributed by atoms with van der Waals surface area (Å²) in [6.07, 6.45) is 1.16. The molecule has 0 aliphatic rings. The van der Waals surface area contributed by atoms with Crippen molar-refractivity contribution >= 4 is 0 Å². The molecule has 0 unspecified atom stereocenters. The molecule has 1 aromatic carbocycles. The Morgan fingerprint density at radius 1 is 1.13 bits per heavy atom. The van der Waals surface area contributed by atoms with E-state index in [4.69, 9.17) is 4.74 Å². The van der Waals surface area contributed by atoms with Crippen molar-refractivity contribution in [1.29, 1.82) is 0 Å². The zero-order chi connectivity index (χ0) is 11.1. The van der Waals surface area contributed by atoms with Crippen molar-refractivity contribution in [2.45, 2.75) is 26.8 Å². The first-order valence-corrected chi connectivity index (χ1v) is 5.50. The van der Waals surface area contributed by atoms with Crippen LogP contribution in [-0.4, -0.2) is 13.8 Å². The molecule has 84 valence electrons. The van der Waals surface area contributed by atoms with Gasteiger partial charge in [0.2, 0.25) is 0 Å². The van der Waals surface area contributed by atoms with Gasteiger partial charge in [-0.2, -0.15) is 0 Å². The molecule has 0 saturated carbocycles. The Bertz CT molecular complexity index is 266. The van der Waals surface area contributed by atoms with Crippen LogP contribution in [-0.2, 0) is 17.7 Å². The molecule has 0 bridgehead atoms. The van der Waals surface area contributed by atoms with Crippen LogP contribution in [0.1, 0.15) is 25.0 Å². The molecule has 0 saturated heterocycles. The van der Waals surface area contributed by atoms with Crippen LogP contribution in [0.5, 0.6) is 0 Å². The summed E-state index contributed by atoms with van der Waals surface area (Å²) in [7, 11) is 1.69. The van der Waals surface area contributed by atoms with Crippen molar-refractivity contribution in [3.8, 4) is 0 Å². The second-order valence-corrected chi connectivity index (χ2v) is 4.27. The maximum Gasteiger partial charge on any atom is 0.0964 e. The molecule has 0 spiro atoms. The van der Waals surface area contributed by atoms with Gasteiger partial charge in [0.05, 0.1) is 6.73 Å². The summed E-state index contributed by atoms with van der Waals surface area (Å²) in [4.78, 5) is 0. The highest BCUT2D eigenvalue weighted by molar-refractivity contribution is 5.22. The second kappa shape index (κ2) is 6.59. The monoisotopic (exact) mass is 207 g/mol. The average molecular weight is 207 g/mol. The normalized spacial score (nSPS) is 10.9. The standard InChI is InChI=1S/C13H21NO/c1-11(2)8-12-4-6-13(7-5-12)9-14-10-15-3/h4-7,11,14H,8-10H2,1-3H3. The average Bonchev–Trinajstić information content (AvgIpc) is 2.20. The predicted octanol–water partition coefficient (Wildman–Crippen LogP) is 2.58. The highest BCUT2D eigenvalue weighted by atomic mass is 16.5. The Morgan fingerprint density at radius 3 is 2.27 bits per heavy atom. The largest absolute Gasteiger partial charge is 0.370 e. The number of hydrogen-bond donors (Lipinski definition) is 1. The minimum absolute atomic E-state index is 0.605. The molecule has 1 N–H and O–H groups in total. The lowest BCUT2D eigenvalue weighted by atomic mass is 10.0. The van der Waals surface area contributed by atoms with E-state index in [0.29, 0.717) is 6.73 Å². The maximum absolute atomic E-state index is 4.93. The highest BCUT2D eigenvalue weighted by Gasteiger charge is 1.97. The fourth-order valence-electron chi connectivity index (χ4n) is 1.56. The van der Waals surface area contributed by atoms with E-state index in [2.05, 4.69) is 43.4 Å². The first-order valence-electron chi connectivity index (χ1n) is 5.50. The van der Waals surface area contributed by atoms with E-state index in [1.165, 1.54) is 11.1 Å². The molecule has 15 heavy (non-hydrogen) atoms. The van der Waals surface area contributed by atoms with E-state index in [0.717, 1.165) is 18.9 Å². The topological polar surface area (TPSA) is 21.3 Å². The highest BCUT2D eigenvalue weighted by Crippen LogP contribution is 2.09. The van der Waals surface area contributed by atoms with E-state index in [1.54, 1.807) is 7.11 Å². The van der Waals surface area contributed by atoms with E-state index in [-0.39, 0.29) is 0 Å². The third-order valence-electron chi connectivity index (χ3n) is 2.24. The first kappa shape index (κ1) is 12.2. The first-order chi connectivity index (χ1) is 7.22. The molecule has 2 heteroatoms. The van der Waals surface area contributed by atoms with Crippen LogP contribution < -0.4 is 5.32 Å². The molecule has 0 heterocycles. The van der Waals surface area contributed by atoms with Crippen molar-refractivity contribution in [1.82, 2.24) is 5.32 Å². The van der Waals surface area contributed by atoms with Gasteiger partial charge < -0.3 is 4.74 Å². The lowest BCUT2D eigenvalue weighted by molar-refractivity contribution is 0.174. The third-order valence-corrected chi connectivity index (χ3v) is 2.24. The van der Waals surface area contributed by atoms with Gasteiger partial charge in [0.1, 0.15) is 0 Å². The number of hydrogen-bond acceptors (Lipinski definition) is 2. The summed E-state index contributed by atoms with van der Waals surface area (Å²) < 4.78 is 4.93. The van der Waals surface area contributed by atoms with Gasteiger partial charge >= 0.3 is 0 Å². The molecular formula is C13H21NO. The van der Waals surface area contributed by atoms with E-state index in [9.17, 15) is 0 Å². The number of methoxy groups -OCH3 is 1. The fourth-order valence-corrected chi connectivity index (χ4v) is 1.56. The Morgan fingerprint density at radius 2 is 1.73 bits per heavy atom. The molecule has 2 nitrogen and oxygen atoms in total. The van der Waals surface area contributed by atoms with Gasteiger partial charge in [-0.3, -0.25) is 5.32 Å². The van der Waals surface area contributed by atoms with E-state index >= 15 is 0 Å². The second-order valence-electron chi connectivity index (χ2n) is 4.27. The summed E-state index contributed by atoms with van der Waals surface area (Å²) >= 11 is 0. The Balaban J connectivity index is 2.42. The molecule has 0 aliphatic carbocycles. The van der Waals surface area contributed by atoms with Crippen molar-refractivity contribution in [3.63, 3.8) is 0 Å². The van der Waals surface area contributed by atoms with E-state index < -0.39 is 0 Å². The summed E-state index contributed by atoms with van der Waals surface area (Å²) in [5.74, 6) is 0.725. The number of rotatable bonds is 6. The Labute approximate surface area is 92.6 Å². The third kappa shape index (κ3) is 4.96. The van der Waals surface area contributed by atoms with E-state index in [1.807, 2.05) is 0 Å². The van der Waals surface area contributed by atoms with Gasteiger partial charge in [-0.05, 0) is 23.5 Å². The molecule has 0 aromatic heterocycles. The van der Waals surface area contributed by atoms with Crippen LogP contribution in [0.3, 0.4) is 0 Å². The predicted molar refractivity (Wildman–Crippen MR) is 63.7 cm³/mol. The van der Waals surface area contributed by atoms with Crippen molar-refractivity contribution < 1.29 is 4.74 Å². The molecule has 0 radical (unpaired) electrons. The SMILES string of the molecule is COCNCc1ccc(CC(C)C)cc1.